The van der Waals surface area contributed by atoms with Gasteiger partial charge in [0, 0.05) is 16.2 Å². The summed E-state index contributed by atoms with van der Waals surface area (Å²) in [6.07, 6.45) is 0. The molecule has 0 amide bonds. The molecule has 0 bridgehead atoms. The van der Waals surface area contributed by atoms with Gasteiger partial charge in [-0.3, -0.25) is 10.1 Å². The van der Waals surface area contributed by atoms with Crippen molar-refractivity contribution < 1.29 is 14.8 Å². The minimum Gasteiger partial charge on any atom is -0.477 e. The summed E-state index contributed by atoms with van der Waals surface area (Å²) < 4.78 is 0.777. The van der Waals surface area contributed by atoms with Gasteiger partial charge in [-0.2, -0.15) is 0 Å². The Balaban J connectivity index is 2.44. The Labute approximate surface area is 121 Å². The van der Waals surface area contributed by atoms with Crippen LogP contribution < -0.4 is 5.32 Å². The van der Waals surface area contributed by atoms with Gasteiger partial charge < -0.3 is 10.4 Å². The molecule has 102 valence electrons. The van der Waals surface area contributed by atoms with E-state index in [-0.39, 0.29) is 17.2 Å². The lowest BCUT2D eigenvalue weighted by molar-refractivity contribution is -0.384. The maximum absolute atomic E-state index is 10.9. The highest BCUT2D eigenvalue weighted by molar-refractivity contribution is 9.10. The number of halogens is 1. The first-order valence-electron chi connectivity index (χ1n) is 5.38. The number of nitrogens with zero attached hydrogens (tertiary/aromatic N) is 2. The van der Waals surface area contributed by atoms with Crippen LogP contribution in [0.25, 0.3) is 0 Å². The lowest BCUT2D eigenvalue weighted by Gasteiger charge is -2.07. The van der Waals surface area contributed by atoms with Gasteiger partial charge in [-0.25, -0.2) is 9.78 Å². The Morgan fingerprint density at radius 3 is 2.70 bits per heavy atom. The zero-order chi connectivity index (χ0) is 14.7. The van der Waals surface area contributed by atoms with Crippen molar-refractivity contribution in [1.29, 1.82) is 0 Å². The van der Waals surface area contributed by atoms with Gasteiger partial charge in [0.1, 0.15) is 0 Å². The fourth-order valence-corrected chi connectivity index (χ4v) is 1.91. The van der Waals surface area contributed by atoms with Gasteiger partial charge in [0.15, 0.2) is 5.69 Å². The summed E-state index contributed by atoms with van der Waals surface area (Å²) in [6, 6.07) is 9.10. The van der Waals surface area contributed by atoms with E-state index >= 15 is 0 Å². The highest BCUT2D eigenvalue weighted by atomic mass is 79.9. The number of anilines is 2. The van der Waals surface area contributed by atoms with Gasteiger partial charge in [0.05, 0.1) is 4.92 Å². The van der Waals surface area contributed by atoms with Crippen molar-refractivity contribution in [2.45, 2.75) is 0 Å². The second-order valence-corrected chi connectivity index (χ2v) is 4.68. The number of aromatic nitrogens is 1. The summed E-state index contributed by atoms with van der Waals surface area (Å²) in [5.41, 5.74) is -0.0133. The van der Waals surface area contributed by atoms with Gasteiger partial charge in [0.25, 0.3) is 0 Å². The molecule has 0 saturated heterocycles. The zero-order valence-corrected chi connectivity index (χ0v) is 11.5. The van der Waals surface area contributed by atoms with Crippen molar-refractivity contribution in [2.24, 2.45) is 0 Å². The number of carbonyl (C=O) groups is 1. The summed E-state index contributed by atoms with van der Waals surface area (Å²) >= 11 is 3.27. The monoisotopic (exact) mass is 337 g/mol. The summed E-state index contributed by atoms with van der Waals surface area (Å²) in [7, 11) is 0. The van der Waals surface area contributed by atoms with E-state index < -0.39 is 10.9 Å². The first-order valence-corrected chi connectivity index (χ1v) is 6.18. The van der Waals surface area contributed by atoms with E-state index in [1.807, 2.05) is 0 Å². The molecule has 7 nitrogen and oxygen atoms in total. The third-order valence-corrected chi connectivity index (χ3v) is 2.87. The van der Waals surface area contributed by atoms with Crippen LogP contribution in [0.3, 0.4) is 0 Å². The molecule has 0 unspecified atom stereocenters. The van der Waals surface area contributed by atoms with Gasteiger partial charge >= 0.3 is 11.7 Å². The number of nitrogens with one attached hydrogen (secondary N) is 1. The van der Waals surface area contributed by atoms with Crippen molar-refractivity contribution in [3.05, 3.63) is 56.7 Å². The van der Waals surface area contributed by atoms with Gasteiger partial charge in [0.2, 0.25) is 5.82 Å². The molecule has 0 saturated carbocycles. The standard InChI is InChI=1S/C12H8BrN3O4/c13-7-2-1-3-8(6-7)14-11-10(16(19)20)5-4-9(15-11)12(17)18/h1-6H,(H,14,15)(H,17,18). The second-order valence-electron chi connectivity index (χ2n) is 3.76. The van der Waals surface area contributed by atoms with Crippen molar-refractivity contribution in [1.82, 2.24) is 4.98 Å². The average Bonchev–Trinajstić information content (AvgIpc) is 2.38. The minimum absolute atomic E-state index is 0.118. The van der Waals surface area contributed by atoms with Crippen LogP contribution in [0.5, 0.6) is 0 Å². The molecule has 0 fully saturated rings. The maximum Gasteiger partial charge on any atom is 0.354 e. The third kappa shape index (κ3) is 3.09. The molecule has 0 atom stereocenters. The molecule has 0 spiro atoms. The van der Waals surface area contributed by atoms with Crippen molar-refractivity contribution in [2.75, 3.05) is 5.32 Å². The van der Waals surface area contributed by atoms with Gasteiger partial charge in [-0.15, -0.1) is 0 Å². The summed E-state index contributed by atoms with van der Waals surface area (Å²) in [5, 5.41) is 22.6. The molecule has 1 aromatic heterocycles. The van der Waals surface area contributed by atoms with Gasteiger partial charge in [-0.1, -0.05) is 22.0 Å². The largest absolute Gasteiger partial charge is 0.477 e. The Hall–Kier alpha value is -2.48. The molecular formula is C12H8BrN3O4. The lowest BCUT2D eigenvalue weighted by Crippen LogP contribution is -2.05. The summed E-state index contributed by atoms with van der Waals surface area (Å²) in [6.45, 7) is 0. The fraction of sp³-hybridized carbons (Fsp3) is 0. The van der Waals surface area contributed by atoms with Gasteiger partial charge in [-0.05, 0) is 24.3 Å². The number of hydrogen-bond donors (Lipinski definition) is 2. The number of aromatic carboxylic acids is 1. The van der Waals surface area contributed by atoms with Crippen LogP contribution in [0.15, 0.2) is 40.9 Å². The molecule has 20 heavy (non-hydrogen) atoms. The molecule has 8 heteroatoms. The van der Waals surface area contributed by atoms with E-state index in [1.54, 1.807) is 24.3 Å². The molecule has 0 aliphatic rings. The number of nitro groups is 1. The third-order valence-electron chi connectivity index (χ3n) is 2.38. The minimum atomic E-state index is -1.25. The molecule has 2 rings (SSSR count). The van der Waals surface area contributed by atoms with E-state index in [2.05, 4.69) is 26.2 Å². The predicted molar refractivity (Wildman–Crippen MR) is 75.3 cm³/mol. The quantitative estimate of drug-likeness (QED) is 0.655. The number of carboxylic acid groups (broad SMARTS) is 1. The normalized spacial score (nSPS) is 10.1. The van der Waals surface area contributed by atoms with Crippen molar-refractivity contribution >= 4 is 39.1 Å². The second kappa shape index (κ2) is 5.66. The Morgan fingerprint density at radius 2 is 2.10 bits per heavy atom. The Bertz CT molecular complexity index is 690. The first-order chi connectivity index (χ1) is 9.47. The summed E-state index contributed by atoms with van der Waals surface area (Å²) in [5.74, 6) is -1.37. The fourth-order valence-electron chi connectivity index (χ4n) is 1.51. The molecule has 2 N–H and O–H groups in total. The topological polar surface area (TPSA) is 105 Å². The van der Waals surface area contributed by atoms with Crippen LogP contribution >= 0.6 is 15.9 Å². The highest BCUT2D eigenvalue weighted by Crippen LogP contribution is 2.27. The molecule has 1 heterocycles. The van der Waals surface area contributed by atoms with E-state index in [9.17, 15) is 14.9 Å². The Kier molecular flexibility index (Phi) is 3.94. The van der Waals surface area contributed by atoms with E-state index in [1.165, 1.54) is 0 Å². The predicted octanol–water partition coefficient (Wildman–Crippen LogP) is 3.19. The number of pyridine rings is 1. The van der Waals surface area contributed by atoms with Crippen LogP contribution in [0.4, 0.5) is 17.2 Å². The maximum atomic E-state index is 10.9. The molecular weight excluding hydrogens is 330 g/mol. The molecule has 0 radical (unpaired) electrons. The molecule has 2 aromatic rings. The molecule has 1 aromatic carbocycles. The average molecular weight is 338 g/mol. The highest BCUT2D eigenvalue weighted by Gasteiger charge is 2.18. The number of rotatable bonds is 4. The van der Waals surface area contributed by atoms with E-state index in [0.29, 0.717) is 5.69 Å². The van der Waals surface area contributed by atoms with Crippen LogP contribution in [0.2, 0.25) is 0 Å². The van der Waals surface area contributed by atoms with Crippen LogP contribution in [0.1, 0.15) is 10.5 Å². The zero-order valence-electron chi connectivity index (χ0n) is 9.91. The number of benzene rings is 1. The molecule has 0 aliphatic carbocycles. The Morgan fingerprint density at radius 1 is 1.35 bits per heavy atom. The van der Waals surface area contributed by atoms with Crippen LogP contribution in [-0.4, -0.2) is 21.0 Å². The summed E-state index contributed by atoms with van der Waals surface area (Å²) in [4.78, 5) is 24.9. The number of hydrogen-bond acceptors (Lipinski definition) is 5. The number of carboxylic acids is 1. The van der Waals surface area contributed by atoms with Crippen molar-refractivity contribution in [3.8, 4) is 0 Å². The SMILES string of the molecule is O=C(O)c1ccc([N+](=O)[O-])c(Nc2cccc(Br)c2)n1. The van der Waals surface area contributed by atoms with Crippen LogP contribution in [0, 0.1) is 10.1 Å². The molecule has 0 aliphatic heterocycles. The lowest BCUT2D eigenvalue weighted by atomic mass is 10.3. The smallest absolute Gasteiger partial charge is 0.354 e. The van der Waals surface area contributed by atoms with E-state index in [0.717, 1.165) is 16.6 Å². The van der Waals surface area contributed by atoms with Crippen molar-refractivity contribution in [3.63, 3.8) is 0 Å². The van der Waals surface area contributed by atoms with Crippen LogP contribution in [-0.2, 0) is 0 Å². The van der Waals surface area contributed by atoms with E-state index in [4.69, 9.17) is 5.11 Å². The first kappa shape index (κ1) is 13.9.